The average Bonchev–Trinajstić information content (AvgIpc) is 1.94. The fourth-order valence-electron chi connectivity index (χ4n) is 0. The zero-order valence-electron chi connectivity index (χ0n) is 11.2. The Morgan fingerprint density at radius 1 is 0.333 bits per heavy atom. The summed E-state index contributed by atoms with van der Waals surface area (Å²) in [6.45, 7) is 0. The SMILES string of the molecule is [Al+3].[Al+3].[Mg+2].[Mg+2].[O]=[Ti]([O-])[O-].[O]=[Ti]([O-])[O-].[O]=[Ti]([O-])[O-].[O]=[Ti]([O-])[O-].[O]=[Ti]([O-])[O-]. The molecule has 0 saturated carbocycles. The molecule has 0 unspecified atom stereocenters. The topological polar surface area (TPSA) is 316 Å². The van der Waals surface area contributed by atoms with Crippen LogP contribution >= 0.6 is 0 Å². The van der Waals surface area contributed by atoms with Crippen LogP contribution in [0.3, 0.4) is 0 Å². The molecule has 15 nitrogen and oxygen atoms in total. The molecule has 0 atom stereocenters. The molecule has 0 N–H and O–H groups in total. The van der Waals surface area contributed by atoms with Gasteiger partial charge in [0.15, 0.2) is 0 Å². The number of hydrogen-bond acceptors (Lipinski definition) is 15. The molecule has 0 spiro atoms. The molecular weight excluding hydrogens is 582 g/mol. The molecule has 0 heterocycles. The summed E-state index contributed by atoms with van der Waals surface area (Å²) in [4.78, 5) is 0. The van der Waals surface area contributed by atoms with Crippen LogP contribution in [0.25, 0.3) is 0 Å². The first-order valence-corrected chi connectivity index (χ1v) is 12.6. The van der Waals surface area contributed by atoms with E-state index in [9.17, 15) is 0 Å². The van der Waals surface area contributed by atoms with Crippen molar-refractivity contribution in [3.63, 3.8) is 0 Å². The second kappa shape index (κ2) is 50.9. The molecule has 120 valence electrons. The van der Waals surface area contributed by atoms with Gasteiger partial charge in [-0.15, -0.1) is 0 Å². The van der Waals surface area contributed by atoms with E-state index in [-0.39, 0.29) is 80.8 Å². The van der Waals surface area contributed by atoms with Gasteiger partial charge in [-0.25, -0.2) is 0 Å². The maximum absolute atomic E-state index is 8.58. The van der Waals surface area contributed by atoms with Crippen LogP contribution in [0.4, 0.5) is 0 Å². The van der Waals surface area contributed by atoms with E-state index in [1.807, 2.05) is 0 Å². The van der Waals surface area contributed by atoms with Gasteiger partial charge in [0.25, 0.3) is 0 Å². The second-order valence-electron chi connectivity index (χ2n) is 1.25. The van der Waals surface area contributed by atoms with Crippen molar-refractivity contribution in [1.29, 1.82) is 0 Å². The van der Waals surface area contributed by atoms with Crippen molar-refractivity contribution in [2.45, 2.75) is 0 Å². The van der Waals surface area contributed by atoms with Crippen LogP contribution in [0.2, 0.25) is 0 Å². The molecule has 0 bridgehead atoms. The third kappa shape index (κ3) is 782. The molecular formula is Al2Mg2O15Ti5. The summed E-state index contributed by atoms with van der Waals surface area (Å²) in [5, 5.41) is 0. The van der Waals surface area contributed by atoms with Crippen LogP contribution in [-0.4, -0.2) is 80.8 Å². The Hall–Kier alpha value is 4.77. The zero-order valence-corrected chi connectivity index (χ0v) is 24.1. The van der Waals surface area contributed by atoms with Crippen LogP contribution < -0.4 is 36.9 Å². The fraction of sp³-hybridized carbons (Fsp3) is 0. The number of hydrogen-bond donors (Lipinski definition) is 0. The van der Waals surface area contributed by atoms with E-state index in [2.05, 4.69) is 0 Å². The quantitative estimate of drug-likeness (QED) is 0.239. The molecule has 24 heavy (non-hydrogen) atoms. The monoisotopic (exact) mass is 582 g/mol. The Morgan fingerprint density at radius 3 is 0.333 bits per heavy atom. The Balaban J connectivity index is -0.0000000161. The van der Waals surface area contributed by atoms with Gasteiger partial charge in [-0.05, 0) is 0 Å². The molecule has 0 saturated heterocycles. The van der Waals surface area contributed by atoms with E-state index in [1.54, 1.807) is 0 Å². The van der Waals surface area contributed by atoms with E-state index in [1.165, 1.54) is 0 Å². The molecule has 0 aromatic rings. The Labute approximate surface area is 223 Å². The second-order valence-corrected chi connectivity index (χ2v) is 5.15. The van der Waals surface area contributed by atoms with Crippen LogP contribution in [0, 0.1) is 0 Å². The summed E-state index contributed by atoms with van der Waals surface area (Å²) < 4.78 is 129. The molecule has 0 aliphatic heterocycles. The van der Waals surface area contributed by atoms with E-state index in [4.69, 9.17) is 53.5 Å². The van der Waals surface area contributed by atoms with Crippen LogP contribution in [0.1, 0.15) is 0 Å². The predicted molar refractivity (Wildman–Crippen MR) is 26.4 cm³/mol. The van der Waals surface area contributed by atoms with Crippen LogP contribution in [0.15, 0.2) is 0 Å². The van der Waals surface area contributed by atoms with Gasteiger partial charge in [-0.2, -0.15) is 0 Å². The van der Waals surface area contributed by atoms with Gasteiger partial charge < -0.3 is 0 Å². The zero-order chi connectivity index (χ0) is 17.9. The predicted octanol–water partition coefficient (Wildman–Crippen LogP) is -14.0. The standard InChI is InChI=1S/2Al.2Mg.15O.5Ti/q2*+3;2*+2;;;;;;10*-1;;;;;. The van der Waals surface area contributed by atoms with Crippen LogP contribution in [0.5, 0.6) is 0 Å². The van der Waals surface area contributed by atoms with E-state index in [0.29, 0.717) is 0 Å². The Kier molecular flexibility index (Phi) is 120. The van der Waals surface area contributed by atoms with E-state index < -0.39 is 93.1 Å². The number of rotatable bonds is 0. The van der Waals surface area contributed by atoms with E-state index in [0.717, 1.165) is 0 Å². The summed E-state index contributed by atoms with van der Waals surface area (Å²) in [5.41, 5.74) is 0. The van der Waals surface area contributed by atoms with Gasteiger partial charge >= 0.3 is 227 Å². The molecule has 0 aliphatic rings. The normalized spacial score (nSPS) is 5.42. The molecule has 0 amide bonds. The molecule has 0 radical (unpaired) electrons. The van der Waals surface area contributed by atoms with Gasteiger partial charge in [0, 0.05) is 0 Å². The van der Waals surface area contributed by atoms with Gasteiger partial charge in [0.1, 0.15) is 0 Å². The Morgan fingerprint density at radius 2 is 0.333 bits per heavy atom. The van der Waals surface area contributed by atoms with Crippen molar-refractivity contribution >= 4 is 80.8 Å². The van der Waals surface area contributed by atoms with Crippen molar-refractivity contribution in [2.75, 3.05) is 0 Å². The molecule has 0 rings (SSSR count). The first-order valence-electron chi connectivity index (χ1n) is 3.06. The molecule has 0 aromatic heterocycles. The average molecular weight is 582 g/mol. The van der Waals surface area contributed by atoms with E-state index >= 15 is 0 Å². The fourth-order valence-corrected chi connectivity index (χ4v) is 0. The van der Waals surface area contributed by atoms with Crippen molar-refractivity contribution in [2.24, 2.45) is 0 Å². The third-order valence-corrected chi connectivity index (χ3v) is 0. The van der Waals surface area contributed by atoms with Gasteiger partial charge in [-0.3, -0.25) is 0 Å². The van der Waals surface area contributed by atoms with Crippen molar-refractivity contribution in [3.8, 4) is 0 Å². The minimum absolute atomic E-state index is 0. The van der Waals surface area contributed by atoms with Crippen molar-refractivity contribution in [1.82, 2.24) is 0 Å². The van der Waals surface area contributed by atoms with Gasteiger partial charge in [0.05, 0.1) is 0 Å². The summed E-state index contributed by atoms with van der Waals surface area (Å²) >= 11 is -20.4. The third-order valence-electron chi connectivity index (χ3n) is 0. The molecule has 0 aliphatic carbocycles. The molecule has 0 fully saturated rings. The maximum atomic E-state index is 8.58. The summed E-state index contributed by atoms with van der Waals surface area (Å²) in [6.07, 6.45) is 0. The Bertz CT molecular complexity index is 221. The first kappa shape index (κ1) is 56.8. The summed E-state index contributed by atoms with van der Waals surface area (Å²) in [6, 6.07) is 0. The van der Waals surface area contributed by atoms with Crippen LogP contribution in [-0.2, 0) is 110 Å². The van der Waals surface area contributed by atoms with Gasteiger partial charge in [0.2, 0.25) is 0 Å². The first-order chi connectivity index (χ1) is 8.66. The van der Waals surface area contributed by atoms with Gasteiger partial charge in [-0.1, -0.05) is 0 Å². The minimum atomic E-state index is -4.08. The summed E-state index contributed by atoms with van der Waals surface area (Å²) in [5.74, 6) is 0. The van der Waals surface area contributed by atoms with Crippen molar-refractivity contribution in [3.05, 3.63) is 0 Å². The van der Waals surface area contributed by atoms with Crippen molar-refractivity contribution < 1.29 is 147 Å². The summed E-state index contributed by atoms with van der Waals surface area (Å²) in [7, 11) is 0. The molecule has 0 aromatic carbocycles. The molecule has 24 heteroatoms.